The molecule has 0 aliphatic heterocycles. The Hall–Kier alpha value is -0.520. The van der Waals surface area contributed by atoms with Gasteiger partial charge in [-0.05, 0) is 11.8 Å². The third-order valence-electron chi connectivity index (χ3n) is 1.64. The average molecular weight is 170 g/mol. The largest absolute Gasteiger partial charge is 0.380 e. The number of hydrogen-bond acceptors (Lipinski definition) is 2. The highest BCUT2D eigenvalue weighted by molar-refractivity contribution is 5.10. The minimum absolute atomic E-state index is 0.122. The van der Waals surface area contributed by atoms with Crippen molar-refractivity contribution < 1.29 is 10.2 Å². The van der Waals surface area contributed by atoms with E-state index in [2.05, 4.69) is 11.8 Å². The zero-order valence-electron chi connectivity index (χ0n) is 8.20. The van der Waals surface area contributed by atoms with E-state index in [0.717, 1.165) is 0 Å². The lowest BCUT2D eigenvalue weighted by Gasteiger charge is -2.08. The van der Waals surface area contributed by atoms with Crippen LogP contribution in [0.2, 0.25) is 0 Å². The molecule has 12 heavy (non-hydrogen) atoms. The lowest BCUT2D eigenvalue weighted by atomic mass is 10.1. The summed E-state index contributed by atoms with van der Waals surface area (Å²) in [5.41, 5.74) is 0. The zero-order chi connectivity index (χ0) is 9.72. The van der Waals surface area contributed by atoms with Crippen molar-refractivity contribution in [3.63, 3.8) is 0 Å². The van der Waals surface area contributed by atoms with Gasteiger partial charge in [0.1, 0.15) is 12.2 Å². The molecule has 70 valence electrons. The number of rotatable bonds is 2. The molecule has 2 heteroatoms. The molecule has 0 saturated heterocycles. The molecule has 0 heterocycles. The smallest absolute Gasteiger partial charge is 0.117 e. The van der Waals surface area contributed by atoms with Crippen LogP contribution >= 0.6 is 0 Å². The van der Waals surface area contributed by atoms with E-state index in [-0.39, 0.29) is 11.8 Å². The summed E-state index contributed by atoms with van der Waals surface area (Å²) >= 11 is 0. The third kappa shape index (κ3) is 4.38. The van der Waals surface area contributed by atoms with E-state index in [1.807, 2.05) is 27.7 Å². The Morgan fingerprint density at radius 2 is 1.00 bits per heavy atom. The normalized spacial score (nSPS) is 15.7. The second kappa shape index (κ2) is 5.18. The molecule has 0 saturated carbocycles. The van der Waals surface area contributed by atoms with Crippen LogP contribution in [0.25, 0.3) is 0 Å². The topological polar surface area (TPSA) is 40.5 Å². The van der Waals surface area contributed by atoms with Gasteiger partial charge in [0.2, 0.25) is 0 Å². The van der Waals surface area contributed by atoms with E-state index >= 15 is 0 Å². The lowest BCUT2D eigenvalue weighted by Crippen LogP contribution is -2.15. The maximum absolute atomic E-state index is 9.27. The van der Waals surface area contributed by atoms with Crippen LogP contribution in [0.1, 0.15) is 27.7 Å². The predicted octanol–water partition coefficient (Wildman–Crippen LogP) is 1.02. The monoisotopic (exact) mass is 170 g/mol. The maximum atomic E-state index is 9.27. The summed E-state index contributed by atoms with van der Waals surface area (Å²) < 4.78 is 0. The van der Waals surface area contributed by atoms with E-state index in [9.17, 15) is 10.2 Å². The van der Waals surface area contributed by atoms with E-state index in [4.69, 9.17) is 0 Å². The molecule has 0 aliphatic rings. The first kappa shape index (κ1) is 11.5. The van der Waals surface area contributed by atoms with Gasteiger partial charge in [0.25, 0.3) is 0 Å². The molecular weight excluding hydrogens is 152 g/mol. The Balaban J connectivity index is 4.02. The Morgan fingerprint density at radius 1 is 0.750 bits per heavy atom. The van der Waals surface area contributed by atoms with Crippen LogP contribution in [0.15, 0.2) is 0 Å². The summed E-state index contributed by atoms with van der Waals surface area (Å²) in [6.07, 6.45) is -1.25. The molecule has 2 nitrogen and oxygen atoms in total. The van der Waals surface area contributed by atoms with Crippen LogP contribution in [0.3, 0.4) is 0 Å². The Kier molecular flexibility index (Phi) is 4.96. The molecule has 0 aromatic carbocycles. The van der Waals surface area contributed by atoms with Gasteiger partial charge in [-0.1, -0.05) is 39.5 Å². The first-order valence-corrected chi connectivity index (χ1v) is 4.32. The van der Waals surface area contributed by atoms with Crippen LogP contribution in [0.4, 0.5) is 0 Å². The Labute approximate surface area is 74.6 Å². The van der Waals surface area contributed by atoms with E-state index in [1.54, 1.807) is 0 Å². The summed E-state index contributed by atoms with van der Waals surface area (Å²) in [5, 5.41) is 18.5. The summed E-state index contributed by atoms with van der Waals surface area (Å²) in [6.45, 7) is 7.56. The van der Waals surface area contributed by atoms with Crippen molar-refractivity contribution in [3.05, 3.63) is 0 Å². The summed E-state index contributed by atoms with van der Waals surface area (Å²) in [4.78, 5) is 0. The highest BCUT2D eigenvalue weighted by Gasteiger charge is 2.07. The van der Waals surface area contributed by atoms with Crippen molar-refractivity contribution >= 4 is 0 Å². The molecule has 0 aliphatic carbocycles. The van der Waals surface area contributed by atoms with Gasteiger partial charge < -0.3 is 10.2 Å². The van der Waals surface area contributed by atoms with Gasteiger partial charge >= 0.3 is 0 Å². The minimum atomic E-state index is -0.626. The fourth-order valence-electron chi connectivity index (χ4n) is 0.504. The van der Waals surface area contributed by atoms with Crippen molar-refractivity contribution in [2.75, 3.05) is 0 Å². The maximum Gasteiger partial charge on any atom is 0.117 e. The van der Waals surface area contributed by atoms with Crippen molar-refractivity contribution in [1.29, 1.82) is 0 Å². The zero-order valence-corrected chi connectivity index (χ0v) is 8.20. The van der Waals surface area contributed by atoms with Gasteiger partial charge in [-0.3, -0.25) is 0 Å². The van der Waals surface area contributed by atoms with Crippen molar-refractivity contribution in [2.24, 2.45) is 11.8 Å². The molecule has 0 aromatic heterocycles. The molecular formula is C10H18O2. The number of aliphatic hydroxyl groups is 2. The quantitative estimate of drug-likeness (QED) is 0.607. The van der Waals surface area contributed by atoms with Crippen LogP contribution in [0, 0.1) is 23.7 Å². The van der Waals surface area contributed by atoms with Crippen LogP contribution in [-0.2, 0) is 0 Å². The molecule has 0 unspecified atom stereocenters. The van der Waals surface area contributed by atoms with Gasteiger partial charge in [0.15, 0.2) is 0 Å². The van der Waals surface area contributed by atoms with Crippen molar-refractivity contribution in [2.45, 2.75) is 39.9 Å². The molecule has 0 bridgehead atoms. The predicted molar refractivity (Wildman–Crippen MR) is 49.5 cm³/mol. The van der Waals surface area contributed by atoms with Crippen molar-refractivity contribution in [1.82, 2.24) is 0 Å². The lowest BCUT2D eigenvalue weighted by molar-refractivity contribution is 0.171. The molecule has 2 atom stereocenters. The van der Waals surface area contributed by atoms with Gasteiger partial charge in [-0.15, -0.1) is 0 Å². The average Bonchev–Trinajstić information content (AvgIpc) is 1.98. The van der Waals surface area contributed by atoms with E-state index < -0.39 is 12.2 Å². The van der Waals surface area contributed by atoms with Crippen LogP contribution < -0.4 is 0 Å². The first-order chi connectivity index (χ1) is 5.45. The van der Waals surface area contributed by atoms with Crippen LogP contribution in [0.5, 0.6) is 0 Å². The summed E-state index contributed by atoms with van der Waals surface area (Å²) in [5.74, 6) is 5.48. The molecule has 0 radical (unpaired) electrons. The second-order valence-corrected chi connectivity index (χ2v) is 3.67. The summed E-state index contributed by atoms with van der Waals surface area (Å²) in [7, 11) is 0. The molecule has 0 rings (SSSR count). The number of hydrogen-bond donors (Lipinski definition) is 2. The first-order valence-electron chi connectivity index (χ1n) is 4.32. The molecule has 2 N–H and O–H groups in total. The summed E-state index contributed by atoms with van der Waals surface area (Å²) in [6, 6.07) is 0. The molecule has 0 amide bonds. The van der Waals surface area contributed by atoms with Gasteiger partial charge in [0.05, 0.1) is 0 Å². The van der Waals surface area contributed by atoms with E-state index in [0.29, 0.717) is 0 Å². The fourth-order valence-corrected chi connectivity index (χ4v) is 0.504. The van der Waals surface area contributed by atoms with Gasteiger partial charge in [-0.2, -0.15) is 0 Å². The minimum Gasteiger partial charge on any atom is -0.380 e. The Morgan fingerprint density at radius 3 is 1.17 bits per heavy atom. The van der Waals surface area contributed by atoms with E-state index in [1.165, 1.54) is 0 Å². The fraction of sp³-hybridized carbons (Fsp3) is 0.800. The standard InChI is InChI=1S/C10H18O2/c1-7(2)9(11)5-6-10(12)8(3)4/h7-12H,1-4H3/t9-,10+. The molecule has 0 fully saturated rings. The second-order valence-electron chi connectivity index (χ2n) is 3.67. The van der Waals surface area contributed by atoms with Crippen LogP contribution in [-0.4, -0.2) is 22.4 Å². The number of aliphatic hydroxyl groups excluding tert-OH is 2. The SMILES string of the molecule is CC(C)[C@H](O)C#C[C@H](O)C(C)C. The third-order valence-corrected chi connectivity index (χ3v) is 1.64. The highest BCUT2D eigenvalue weighted by atomic mass is 16.3. The van der Waals surface area contributed by atoms with Crippen molar-refractivity contribution in [3.8, 4) is 11.8 Å². The molecule has 0 spiro atoms. The van der Waals surface area contributed by atoms with Gasteiger partial charge in [-0.25, -0.2) is 0 Å². The molecule has 0 aromatic rings. The Bertz CT molecular complexity index is 156. The highest BCUT2D eigenvalue weighted by Crippen LogP contribution is 2.01. The van der Waals surface area contributed by atoms with Gasteiger partial charge in [0, 0.05) is 0 Å².